The molecule has 1 atom stereocenters. The number of hydrogen-bond donors (Lipinski definition) is 3. The summed E-state index contributed by atoms with van der Waals surface area (Å²) in [6.45, 7) is 1.10. The van der Waals surface area contributed by atoms with Crippen LogP contribution in [0.5, 0.6) is 0 Å². The maximum absolute atomic E-state index is 11.4. The molecule has 1 amide bonds. The lowest BCUT2D eigenvalue weighted by Crippen LogP contribution is -2.38. The van der Waals surface area contributed by atoms with Crippen LogP contribution in [0.2, 0.25) is 0 Å². The molecule has 0 radical (unpaired) electrons. The Morgan fingerprint density at radius 2 is 2.27 bits per heavy atom. The van der Waals surface area contributed by atoms with Crippen LogP contribution in [0.25, 0.3) is 0 Å². The van der Waals surface area contributed by atoms with Crippen molar-refractivity contribution in [3.8, 4) is 0 Å². The number of carbonyl (C=O) groups excluding carboxylic acids is 1. The fourth-order valence-electron chi connectivity index (χ4n) is 1.28. The van der Waals surface area contributed by atoms with Crippen LogP contribution in [-0.2, 0) is 9.53 Å². The normalized spacial score (nSPS) is 12.5. The van der Waals surface area contributed by atoms with Crippen LogP contribution in [0.3, 0.4) is 0 Å². The Morgan fingerprint density at radius 1 is 1.53 bits per heavy atom. The van der Waals surface area contributed by atoms with Crippen LogP contribution in [0.1, 0.15) is 25.7 Å². The smallest absolute Gasteiger partial charge is 0.220 e. The SMILES string of the molecule is COCC(CCO)NC(=O)CCCCN. The van der Waals surface area contributed by atoms with Crippen molar-refractivity contribution < 1.29 is 14.6 Å². The molecule has 15 heavy (non-hydrogen) atoms. The molecule has 4 N–H and O–H groups in total. The molecule has 5 nitrogen and oxygen atoms in total. The maximum Gasteiger partial charge on any atom is 0.220 e. The standard InChI is InChI=1S/C10H22N2O3/c1-15-8-9(5-7-13)12-10(14)4-2-3-6-11/h9,13H,2-8,11H2,1H3,(H,12,14). The molecule has 90 valence electrons. The van der Waals surface area contributed by atoms with Crippen LogP contribution in [-0.4, -0.2) is 43.9 Å². The van der Waals surface area contributed by atoms with Gasteiger partial charge in [-0.2, -0.15) is 0 Å². The van der Waals surface area contributed by atoms with Crippen LogP contribution in [0.4, 0.5) is 0 Å². The van der Waals surface area contributed by atoms with Gasteiger partial charge in [0.1, 0.15) is 0 Å². The van der Waals surface area contributed by atoms with E-state index in [0.29, 0.717) is 26.0 Å². The molecule has 5 heteroatoms. The Hall–Kier alpha value is -0.650. The van der Waals surface area contributed by atoms with Crippen molar-refractivity contribution in [1.82, 2.24) is 5.32 Å². The summed E-state index contributed by atoms with van der Waals surface area (Å²) in [6, 6.07) is -0.0922. The zero-order valence-electron chi connectivity index (χ0n) is 9.37. The summed E-state index contributed by atoms with van der Waals surface area (Å²) in [7, 11) is 1.57. The molecule has 0 saturated carbocycles. The van der Waals surface area contributed by atoms with E-state index in [2.05, 4.69) is 5.32 Å². The van der Waals surface area contributed by atoms with Gasteiger partial charge in [0.15, 0.2) is 0 Å². The predicted octanol–water partition coefficient (Wildman–Crippen LogP) is -0.371. The number of unbranched alkanes of at least 4 members (excludes halogenated alkanes) is 1. The molecular weight excluding hydrogens is 196 g/mol. The van der Waals surface area contributed by atoms with Crippen molar-refractivity contribution in [3.63, 3.8) is 0 Å². The van der Waals surface area contributed by atoms with Gasteiger partial charge in [0, 0.05) is 20.1 Å². The van der Waals surface area contributed by atoms with Gasteiger partial charge >= 0.3 is 0 Å². The Kier molecular flexibility index (Phi) is 9.46. The van der Waals surface area contributed by atoms with Crippen LogP contribution < -0.4 is 11.1 Å². The van der Waals surface area contributed by atoms with Crippen LogP contribution >= 0.6 is 0 Å². The summed E-state index contributed by atoms with van der Waals surface area (Å²) in [5, 5.41) is 11.6. The van der Waals surface area contributed by atoms with Crippen molar-refractivity contribution in [2.45, 2.75) is 31.7 Å². The second-order valence-corrected chi connectivity index (χ2v) is 3.48. The number of hydrogen-bond acceptors (Lipinski definition) is 4. The fourth-order valence-corrected chi connectivity index (χ4v) is 1.28. The molecule has 0 bridgehead atoms. The summed E-state index contributed by atoms with van der Waals surface area (Å²) < 4.78 is 4.94. The highest BCUT2D eigenvalue weighted by Crippen LogP contribution is 1.97. The average Bonchev–Trinajstić information content (AvgIpc) is 2.19. The number of rotatable bonds is 9. The molecule has 0 aliphatic carbocycles. The van der Waals surface area contributed by atoms with Gasteiger partial charge in [0.05, 0.1) is 12.6 Å². The molecule has 0 aromatic rings. The Labute approximate surface area is 91.0 Å². The van der Waals surface area contributed by atoms with E-state index in [4.69, 9.17) is 15.6 Å². The highest BCUT2D eigenvalue weighted by molar-refractivity contribution is 5.76. The minimum atomic E-state index is -0.0922. The number of aliphatic hydroxyl groups excluding tert-OH is 1. The molecular formula is C10H22N2O3. The summed E-state index contributed by atoms with van der Waals surface area (Å²) in [6.07, 6.45) is 2.68. The van der Waals surface area contributed by atoms with Gasteiger partial charge in [-0.1, -0.05) is 0 Å². The lowest BCUT2D eigenvalue weighted by Gasteiger charge is -2.16. The number of ether oxygens (including phenoxy) is 1. The van der Waals surface area contributed by atoms with Crippen molar-refractivity contribution in [2.24, 2.45) is 5.73 Å². The van der Waals surface area contributed by atoms with Gasteiger partial charge in [-0.25, -0.2) is 0 Å². The summed E-state index contributed by atoms with van der Waals surface area (Å²) in [5.74, 6) is -0.000972. The van der Waals surface area contributed by atoms with Gasteiger partial charge in [0.25, 0.3) is 0 Å². The van der Waals surface area contributed by atoms with E-state index >= 15 is 0 Å². The highest BCUT2D eigenvalue weighted by Gasteiger charge is 2.10. The van der Waals surface area contributed by atoms with Gasteiger partial charge in [0.2, 0.25) is 5.91 Å². The molecule has 0 aromatic carbocycles. The minimum Gasteiger partial charge on any atom is -0.396 e. The van der Waals surface area contributed by atoms with E-state index in [-0.39, 0.29) is 18.6 Å². The van der Waals surface area contributed by atoms with Crippen molar-refractivity contribution in [2.75, 3.05) is 26.9 Å². The van der Waals surface area contributed by atoms with Crippen molar-refractivity contribution >= 4 is 5.91 Å². The first-order chi connectivity index (χ1) is 7.24. The van der Waals surface area contributed by atoms with Gasteiger partial charge in [-0.05, 0) is 25.8 Å². The molecule has 0 saturated heterocycles. The predicted molar refractivity (Wildman–Crippen MR) is 58.4 cm³/mol. The van der Waals surface area contributed by atoms with E-state index in [0.717, 1.165) is 12.8 Å². The third-order valence-corrected chi connectivity index (χ3v) is 2.07. The lowest BCUT2D eigenvalue weighted by atomic mass is 10.2. The van der Waals surface area contributed by atoms with Gasteiger partial charge in [-0.3, -0.25) is 4.79 Å². The number of methoxy groups -OCH3 is 1. The maximum atomic E-state index is 11.4. The largest absolute Gasteiger partial charge is 0.396 e. The monoisotopic (exact) mass is 218 g/mol. The summed E-state index contributed by atoms with van der Waals surface area (Å²) in [4.78, 5) is 11.4. The number of carbonyl (C=O) groups is 1. The van der Waals surface area contributed by atoms with E-state index in [1.54, 1.807) is 7.11 Å². The second kappa shape index (κ2) is 9.89. The number of nitrogens with one attached hydrogen (secondary N) is 1. The first kappa shape index (κ1) is 14.3. The fraction of sp³-hybridized carbons (Fsp3) is 0.900. The zero-order valence-corrected chi connectivity index (χ0v) is 9.37. The first-order valence-corrected chi connectivity index (χ1v) is 5.33. The molecule has 0 fully saturated rings. The van der Waals surface area contributed by atoms with E-state index in [9.17, 15) is 4.79 Å². The minimum absolute atomic E-state index is 0.000972. The molecule has 1 unspecified atom stereocenters. The van der Waals surface area contributed by atoms with Crippen molar-refractivity contribution in [3.05, 3.63) is 0 Å². The Balaban J connectivity index is 3.67. The van der Waals surface area contributed by atoms with E-state index in [1.807, 2.05) is 0 Å². The number of amides is 1. The topological polar surface area (TPSA) is 84.6 Å². The average molecular weight is 218 g/mol. The molecule has 0 rings (SSSR count). The van der Waals surface area contributed by atoms with E-state index < -0.39 is 0 Å². The molecule has 0 aromatic heterocycles. The first-order valence-electron chi connectivity index (χ1n) is 5.33. The second-order valence-electron chi connectivity index (χ2n) is 3.48. The Morgan fingerprint density at radius 3 is 2.80 bits per heavy atom. The lowest BCUT2D eigenvalue weighted by molar-refractivity contribution is -0.122. The molecule has 0 aliphatic rings. The van der Waals surface area contributed by atoms with Gasteiger partial charge < -0.3 is 20.9 Å². The third kappa shape index (κ3) is 8.35. The Bertz CT molecular complexity index is 159. The summed E-state index contributed by atoms with van der Waals surface area (Å²) in [5.41, 5.74) is 5.33. The molecule has 0 heterocycles. The quantitative estimate of drug-likeness (QED) is 0.461. The van der Waals surface area contributed by atoms with Crippen LogP contribution in [0.15, 0.2) is 0 Å². The van der Waals surface area contributed by atoms with Gasteiger partial charge in [-0.15, -0.1) is 0 Å². The number of nitrogens with two attached hydrogens (primary N) is 1. The van der Waals surface area contributed by atoms with E-state index in [1.165, 1.54) is 0 Å². The summed E-state index contributed by atoms with van der Waals surface area (Å²) >= 11 is 0. The highest BCUT2D eigenvalue weighted by atomic mass is 16.5. The zero-order chi connectivity index (χ0) is 11.5. The van der Waals surface area contributed by atoms with Crippen molar-refractivity contribution in [1.29, 1.82) is 0 Å². The number of aliphatic hydroxyl groups is 1. The third-order valence-electron chi connectivity index (χ3n) is 2.07. The molecule has 0 spiro atoms. The molecule has 0 aliphatic heterocycles. The van der Waals surface area contributed by atoms with Crippen LogP contribution in [0, 0.1) is 0 Å².